The summed E-state index contributed by atoms with van der Waals surface area (Å²) in [5.74, 6) is -0.765. The van der Waals surface area contributed by atoms with E-state index >= 15 is 0 Å². The van der Waals surface area contributed by atoms with Crippen LogP contribution >= 0.6 is 0 Å². The van der Waals surface area contributed by atoms with Crippen LogP contribution in [0.25, 0.3) is 0 Å². The normalized spacial score (nSPS) is 22.9. The molecule has 100 valence electrons. The zero-order chi connectivity index (χ0) is 13.2. The van der Waals surface area contributed by atoms with Gasteiger partial charge in [0, 0.05) is 18.2 Å². The Kier molecular flexibility index (Phi) is 3.91. The third kappa shape index (κ3) is 3.22. The summed E-state index contributed by atoms with van der Waals surface area (Å²) < 4.78 is 13.2. The van der Waals surface area contributed by atoms with Crippen molar-refractivity contribution in [2.75, 3.05) is 0 Å². The number of nitrogens with one attached hydrogen (secondary N) is 1. The number of hydrogen-bond acceptors (Lipinski definition) is 2. The van der Waals surface area contributed by atoms with Gasteiger partial charge in [0.15, 0.2) is 11.6 Å². The molecule has 0 saturated heterocycles. The summed E-state index contributed by atoms with van der Waals surface area (Å²) in [4.78, 5) is 0. The van der Waals surface area contributed by atoms with Crippen LogP contribution < -0.4 is 5.32 Å². The molecule has 3 heteroatoms. The molecule has 0 spiro atoms. The molecule has 1 aromatic rings. The topological polar surface area (TPSA) is 32.3 Å². The van der Waals surface area contributed by atoms with Crippen molar-refractivity contribution in [3.8, 4) is 5.75 Å². The van der Waals surface area contributed by atoms with Gasteiger partial charge in [0.05, 0.1) is 0 Å². The molecule has 1 aliphatic carbocycles. The quantitative estimate of drug-likeness (QED) is 0.860. The molecule has 0 aliphatic heterocycles. The molecule has 0 amide bonds. The maximum atomic E-state index is 13.2. The van der Waals surface area contributed by atoms with Crippen molar-refractivity contribution in [1.82, 2.24) is 5.32 Å². The lowest BCUT2D eigenvalue weighted by Crippen LogP contribution is -2.36. The number of aromatic hydroxyl groups is 1. The van der Waals surface area contributed by atoms with Gasteiger partial charge in [-0.05, 0) is 30.7 Å². The molecule has 2 N–H and O–H groups in total. The minimum Gasteiger partial charge on any atom is -0.505 e. The number of benzene rings is 1. The highest BCUT2D eigenvalue weighted by Gasteiger charge is 2.27. The lowest BCUT2D eigenvalue weighted by atomic mass is 9.75. The third-order valence-electron chi connectivity index (χ3n) is 3.86. The first-order valence-corrected chi connectivity index (χ1v) is 6.68. The highest BCUT2D eigenvalue weighted by atomic mass is 19.1. The van der Waals surface area contributed by atoms with Gasteiger partial charge in [0.1, 0.15) is 0 Å². The Morgan fingerprint density at radius 2 is 2.22 bits per heavy atom. The van der Waals surface area contributed by atoms with Crippen LogP contribution in [0, 0.1) is 11.2 Å². The van der Waals surface area contributed by atoms with Crippen LogP contribution in [-0.4, -0.2) is 11.1 Å². The molecule has 0 bridgehead atoms. The highest BCUT2D eigenvalue weighted by molar-refractivity contribution is 5.33. The second kappa shape index (κ2) is 5.27. The summed E-state index contributed by atoms with van der Waals surface area (Å²) in [7, 11) is 0. The molecule has 0 aromatic heterocycles. The van der Waals surface area contributed by atoms with Gasteiger partial charge in [-0.1, -0.05) is 32.4 Å². The number of phenols is 1. The monoisotopic (exact) mass is 251 g/mol. The number of hydrogen-bond donors (Lipinski definition) is 2. The minimum absolute atomic E-state index is 0.222. The smallest absolute Gasteiger partial charge is 0.165 e. The molecule has 1 aliphatic rings. The van der Waals surface area contributed by atoms with E-state index in [1.165, 1.54) is 25.3 Å². The van der Waals surface area contributed by atoms with Crippen LogP contribution in [0.2, 0.25) is 0 Å². The van der Waals surface area contributed by atoms with Crippen molar-refractivity contribution < 1.29 is 9.50 Å². The van der Waals surface area contributed by atoms with Crippen LogP contribution in [0.5, 0.6) is 5.75 Å². The molecule has 18 heavy (non-hydrogen) atoms. The van der Waals surface area contributed by atoms with E-state index in [1.807, 2.05) is 0 Å². The zero-order valence-corrected chi connectivity index (χ0v) is 11.2. The second-order valence-corrected chi connectivity index (χ2v) is 6.09. The maximum Gasteiger partial charge on any atom is 0.165 e. The molecular formula is C15H22FNO. The molecule has 1 atom stereocenters. The highest BCUT2D eigenvalue weighted by Crippen LogP contribution is 2.35. The van der Waals surface area contributed by atoms with E-state index in [9.17, 15) is 9.50 Å². The number of phenolic OH excluding ortho intramolecular Hbond substituents is 1. The fraction of sp³-hybridized carbons (Fsp3) is 0.600. The van der Waals surface area contributed by atoms with Gasteiger partial charge in [-0.15, -0.1) is 0 Å². The van der Waals surface area contributed by atoms with Gasteiger partial charge in [-0.3, -0.25) is 0 Å². The summed E-state index contributed by atoms with van der Waals surface area (Å²) in [6, 6.07) is 5.15. The van der Waals surface area contributed by atoms with Gasteiger partial charge < -0.3 is 10.4 Å². The van der Waals surface area contributed by atoms with Gasteiger partial charge in [0.2, 0.25) is 0 Å². The minimum atomic E-state index is -0.543. The first-order chi connectivity index (χ1) is 8.48. The summed E-state index contributed by atoms with van der Waals surface area (Å²) in [6.07, 6.45) is 4.82. The molecule has 1 unspecified atom stereocenters. The third-order valence-corrected chi connectivity index (χ3v) is 3.86. The van der Waals surface area contributed by atoms with Crippen molar-refractivity contribution in [1.29, 1.82) is 0 Å². The van der Waals surface area contributed by atoms with Crippen molar-refractivity contribution in [3.63, 3.8) is 0 Å². The van der Waals surface area contributed by atoms with E-state index < -0.39 is 5.82 Å². The molecule has 0 radical (unpaired) electrons. The lowest BCUT2D eigenvalue weighted by molar-refractivity contribution is 0.197. The molecular weight excluding hydrogens is 229 g/mol. The summed E-state index contributed by atoms with van der Waals surface area (Å²) >= 11 is 0. The molecule has 1 fully saturated rings. The Bertz CT molecular complexity index is 417. The Balaban J connectivity index is 1.93. The summed E-state index contributed by atoms with van der Waals surface area (Å²) in [5.41, 5.74) is 1.03. The maximum absolute atomic E-state index is 13.2. The van der Waals surface area contributed by atoms with E-state index in [4.69, 9.17) is 0 Å². The molecule has 0 heterocycles. The predicted octanol–water partition coefficient (Wildman–Crippen LogP) is 3.59. The molecule has 2 rings (SSSR count). The largest absolute Gasteiger partial charge is 0.505 e. The van der Waals surface area contributed by atoms with Gasteiger partial charge in [0.25, 0.3) is 0 Å². The summed E-state index contributed by atoms with van der Waals surface area (Å²) in [6.45, 7) is 5.12. The summed E-state index contributed by atoms with van der Waals surface area (Å²) in [5, 5.41) is 13.0. The average molecular weight is 251 g/mol. The van der Waals surface area contributed by atoms with Gasteiger partial charge in [-0.2, -0.15) is 0 Å². The standard InChI is InChI=1S/C15H22FNO/c1-15(2)8-4-6-12(9-15)17-10-11-5-3-7-13(16)14(11)18/h3,5,7,12,17-18H,4,6,8-10H2,1-2H3. The molecule has 1 saturated carbocycles. The Hall–Kier alpha value is -1.09. The van der Waals surface area contributed by atoms with Crippen LogP contribution in [0.3, 0.4) is 0 Å². The van der Waals surface area contributed by atoms with Gasteiger partial charge in [-0.25, -0.2) is 4.39 Å². The van der Waals surface area contributed by atoms with Crippen molar-refractivity contribution >= 4 is 0 Å². The van der Waals surface area contributed by atoms with E-state index in [-0.39, 0.29) is 5.75 Å². The van der Waals surface area contributed by atoms with E-state index in [0.29, 0.717) is 23.6 Å². The first-order valence-electron chi connectivity index (χ1n) is 6.68. The fourth-order valence-corrected chi connectivity index (χ4v) is 2.83. The molecule has 1 aromatic carbocycles. The number of para-hydroxylation sites is 1. The van der Waals surface area contributed by atoms with Crippen LogP contribution in [0.4, 0.5) is 4.39 Å². The Labute approximate surface area is 108 Å². The predicted molar refractivity (Wildman–Crippen MR) is 70.9 cm³/mol. The Morgan fingerprint density at radius 1 is 1.44 bits per heavy atom. The van der Waals surface area contributed by atoms with E-state index in [0.717, 1.165) is 6.42 Å². The van der Waals surface area contributed by atoms with Crippen LogP contribution in [0.1, 0.15) is 45.1 Å². The molecule has 2 nitrogen and oxygen atoms in total. The van der Waals surface area contributed by atoms with Crippen molar-refractivity contribution in [2.45, 2.75) is 52.1 Å². The van der Waals surface area contributed by atoms with Crippen molar-refractivity contribution in [3.05, 3.63) is 29.6 Å². The fourth-order valence-electron chi connectivity index (χ4n) is 2.83. The first kappa shape index (κ1) is 13.3. The van der Waals surface area contributed by atoms with E-state index in [1.54, 1.807) is 12.1 Å². The van der Waals surface area contributed by atoms with E-state index in [2.05, 4.69) is 19.2 Å². The number of halogens is 1. The average Bonchev–Trinajstić information content (AvgIpc) is 2.30. The van der Waals surface area contributed by atoms with Crippen LogP contribution in [0.15, 0.2) is 18.2 Å². The number of rotatable bonds is 3. The zero-order valence-electron chi connectivity index (χ0n) is 11.2. The SMILES string of the molecule is CC1(C)CCCC(NCc2cccc(F)c2O)C1. The Morgan fingerprint density at radius 3 is 2.94 bits per heavy atom. The van der Waals surface area contributed by atoms with Crippen LogP contribution in [-0.2, 0) is 6.54 Å². The lowest BCUT2D eigenvalue weighted by Gasteiger charge is -2.35. The van der Waals surface area contributed by atoms with Crippen molar-refractivity contribution in [2.24, 2.45) is 5.41 Å². The second-order valence-electron chi connectivity index (χ2n) is 6.09. The van der Waals surface area contributed by atoms with Gasteiger partial charge >= 0.3 is 0 Å².